The minimum atomic E-state index is -0.491. The summed E-state index contributed by atoms with van der Waals surface area (Å²) in [6.07, 6.45) is -0.491. The van der Waals surface area contributed by atoms with Crippen molar-refractivity contribution in [3.8, 4) is 0 Å². The average molecular weight is 195 g/mol. The number of nitrogens with one attached hydrogen (secondary N) is 2. The zero-order valence-corrected chi connectivity index (χ0v) is 7.91. The molecule has 0 aliphatic carbocycles. The standard InChI is InChI=1S/C9H13N3O2/c1-2-14-9(13)11-7-5-3-4-6-8(7)12-10/h3-6,12H,2,10H2,1H3,(H,11,13). The molecular formula is C9H13N3O2. The Hall–Kier alpha value is -1.75. The predicted octanol–water partition coefficient (Wildman–Crippen LogP) is 1.54. The van der Waals surface area contributed by atoms with Gasteiger partial charge in [-0.15, -0.1) is 0 Å². The molecule has 1 aromatic rings. The van der Waals surface area contributed by atoms with Gasteiger partial charge in [0.25, 0.3) is 0 Å². The molecule has 1 amide bonds. The van der Waals surface area contributed by atoms with E-state index in [4.69, 9.17) is 10.6 Å². The van der Waals surface area contributed by atoms with E-state index in [0.717, 1.165) is 0 Å². The lowest BCUT2D eigenvalue weighted by Crippen LogP contribution is -2.16. The zero-order valence-electron chi connectivity index (χ0n) is 7.91. The number of ether oxygens (including phenoxy) is 1. The van der Waals surface area contributed by atoms with Crippen molar-refractivity contribution in [3.63, 3.8) is 0 Å². The smallest absolute Gasteiger partial charge is 0.411 e. The summed E-state index contributed by atoms with van der Waals surface area (Å²) >= 11 is 0. The first-order valence-electron chi connectivity index (χ1n) is 4.27. The molecule has 0 aliphatic rings. The average Bonchev–Trinajstić information content (AvgIpc) is 2.19. The maximum absolute atomic E-state index is 11.1. The van der Waals surface area contributed by atoms with Crippen molar-refractivity contribution in [2.45, 2.75) is 6.92 Å². The Morgan fingerprint density at radius 3 is 2.64 bits per heavy atom. The Balaban J connectivity index is 2.70. The van der Waals surface area contributed by atoms with Crippen LogP contribution in [0.5, 0.6) is 0 Å². The number of nitrogen functional groups attached to an aromatic ring is 1. The van der Waals surface area contributed by atoms with Crippen LogP contribution in [0.1, 0.15) is 6.92 Å². The normalized spacial score (nSPS) is 9.29. The van der Waals surface area contributed by atoms with Crippen molar-refractivity contribution in [2.75, 3.05) is 17.3 Å². The molecule has 1 aromatic carbocycles. The molecule has 0 aromatic heterocycles. The van der Waals surface area contributed by atoms with Crippen molar-refractivity contribution in [1.82, 2.24) is 0 Å². The Labute approximate surface area is 82.2 Å². The van der Waals surface area contributed by atoms with E-state index >= 15 is 0 Å². The number of hydrogen-bond acceptors (Lipinski definition) is 4. The van der Waals surface area contributed by atoms with Crippen molar-refractivity contribution in [2.24, 2.45) is 5.84 Å². The van der Waals surface area contributed by atoms with Gasteiger partial charge in [0.1, 0.15) is 0 Å². The number of hydrogen-bond donors (Lipinski definition) is 3. The zero-order chi connectivity index (χ0) is 10.4. The molecule has 14 heavy (non-hydrogen) atoms. The van der Waals surface area contributed by atoms with Crippen molar-refractivity contribution in [3.05, 3.63) is 24.3 Å². The van der Waals surface area contributed by atoms with Crippen LogP contribution in [0.25, 0.3) is 0 Å². The number of amides is 1. The minimum Gasteiger partial charge on any atom is -0.450 e. The SMILES string of the molecule is CCOC(=O)Nc1ccccc1NN. The van der Waals surface area contributed by atoms with E-state index in [-0.39, 0.29) is 0 Å². The third-order valence-electron chi connectivity index (χ3n) is 1.59. The highest BCUT2D eigenvalue weighted by Gasteiger charge is 2.04. The van der Waals surface area contributed by atoms with Gasteiger partial charge in [0.2, 0.25) is 0 Å². The van der Waals surface area contributed by atoms with E-state index in [9.17, 15) is 4.79 Å². The molecule has 0 atom stereocenters. The fraction of sp³-hybridized carbons (Fsp3) is 0.222. The number of para-hydroxylation sites is 2. The number of carbonyl (C=O) groups excluding carboxylic acids is 1. The van der Waals surface area contributed by atoms with E-state index in [1.165, 1.54) is 0 Å². The maximum Gasteiger partial charge on any atom is 0.411 e. The predicted molar refractivity (Wildman–Crippen MR) is 54.9 cm³/mol. The van der Waals surface area contributed by atoms with Gasteiger partial charge in [-0.2, -0.15) is 0 Å². The van der Waals surface area contributed by atoms with E-state index < -0.39 is 6.09 Å². The molecule has 76 valence electrons. The van der Waals surface area contributed by atoms with Crippen LogP contribution in [-0.2, 0) is 4.74 Å². The molecule has 0 saturated heterocycles. The molecule has 0 aliphatic heterocycles. The second-order valence-electron chi connectivity index (χ2n) is 2.54. The van der Waals surface area contributed by atoms with Crippen molar-refractivity contribution >= 4 is 17.5 Å². The summed E-state index contributed by atoms with van der Waals surface area (Å²) in [6, 6.07) is 7.08. The van der Waals surface area contributed by atoms with Gasteiger partial charge in [-0.3, -0.25) is 11.2 Å². The highest BCUT2D eigenvalue weighted by Crippen LogP contribution is 2.19. The summed E-state index contributed by atoms with van der Waals surface area (Å²) < 4.78 is 4.73. The van der Waals surface area contributed by atoms with Crippen LogP contribution in [0.3, 0.4) is 0 Å². The van der Waals surface area contributed by atoms with E-state index in [0.29, 0.717) is 18.0 Å². The summed E-state index contributed by atoms with van der Waals surface area (Å²) in [7, 11) is 0. The number of nitrogens with two attached hydrogens (primary N) is 1. The lowest BCUT2D eigenvalue weighted by Gasteiger charge is -2.09. The van der Waals surface area contributed by atoms with Crippen molar-refractivity contribution < 1.29 is 9.53 Å². The monoisotopic (exact) mass is 195 g/mol. The molecular weight excluding hydrogens is 182 g/mol. The topological polar surface area (TPSA) is 76.4 Å². The number of rotatable bonds is 3. The van der Waals surface area contributed by atoms with Crippen LogP contribution in [-0.4, -0.2) is 12.7 Å². The fourth-order valence-corrected chi connectivity index (χ4v) is 0.995. The first-order valence-corrected chi connectivity index (χ1v) is 4.27. The molecule has 0 heterocycles. The number of carbonyl (C=O) groups is 1. The third-order valence-corrected chi connectivity index (χ3v) is 1.59. The van der Waals surface area contributed by atoms with E-state index in [2.05, 4.69) is 10.7 Å². The van der Waals surface area contributed by atoms with Crippen LogP contribution < -0.4 is 16.6 Å². The number of hydrazine groups is 1. The molecule has 0 spiro atoms. The molecule has 0 radical (unpaired) electrons. The van der Waals surface area contributed by atoms with Gasteiger partial charge in [0.05, 0.1) is 18.0 Å². The van der Waals surface area contributed by atoms with Crippen LogP contribution in [0.15, 0.2) is 24.3 Å². The second kappa shape index (κ2) is 5.08. The Kier molecular flexibility index (Phi) is 3.75. The summed E-state index contributed by atoms with van der Waals surface area (Å²) in [4.78, 5) is 11.1. The van der Waals surface area contributed by atoms with Crippen LogP contribution >= 0.6 is 0 Å². The molecule has 0 saturated carbocycles. The van der Waals surface area contributed by atoms with Crippen LogP contribution in [0.4, 0.5) is 16.2 Å². The van der Waals surface area contributed by atoms with Crippen LogP contribution in [0.2, 0.25) is 0 Å². The largest absolute Gasteiger partial charge is 0.450 e. The van der Waals surface area contributed by atoms with Crippen molar-refractivity contribution in [1.29, 1.82) is 0 Å². The van der Waals surface area contributed by atoms with Gasteiger partial charge in [0.15, 0.2) is 0 Å². The maximum atomic E-state index is 11.1. The first-order chi connectivity index (χ1) is 6.77. The first kappa shape index (κ1) is 10.3. The third kappa shape index (κ3) is 2.63. The fourth-order valence-electron chi connectivity index (χ4n) is 0.995. The molecule has 0 unspecified atom stereocenters. The lowest BCUT2D eigenvalue weighted by molar-refractivity contribution is 0.168. The second-order valence-corrected chi connectivity index (χ2v) is 2.54. The molecule has 0 bridgehead atoms. The summed E-state index contributed by atoms with van der Waals surface area (Å²) in [5, 5.41) is 2.56. The quantitative estimate of drug-likeness (QED) is 0.505. The summed E-state index contributed by atoms with van der Waals surface area (Å²) in [6.45, 7) is 2.08. The molecule has 4 N–H and O–H groups in total. The molecule has 5 nitrogen and oxygen atoms in total. The molecule has 1 rings (SSSR count). The van der Waals surface area contributed by atoms with E-state index in [1.807, 2.05) is 6.07 Å². The van der Waals surface area contributed by atoms with Gasteiger partial charge >= 0.3 is 6.09 Å². The number of anilines is 2. The number of benzene rings is 1. The molecule has 0 fully saturated rings. The highest BCUT2D eigenvalue weighted by molar-refractivity contribution is 5.89. The minimum absolute atomic E-state index is 0.337. The van der Waals surface area contributed by atoms with Gasteiger partial charge < -0.3 is 10.2 Å². The van der Waals surface area contributed by atoms with Gasteiger partial charge in [0, 0.05) is 0 Å². The van der Waals surface area contributed by atoms with Crippen LogP contribution in [0, 0.1) is 0 Å². The summed E-state index contributed by atoms with van der Waals surface area (Å²) in [5.41, 5.74) is 3.70. The molecule has 5 heteroatoms. The van der Waals surface area contributed by atoms with Gasteiger partial charge in [-0.25, -0.2) is 4.79 Å². The van der Waals surface area contributed by atoms with E-state index in [1.54, 1.807) is 25.1 Å². The Morgan fingerprint density at radius 1 is 1.43 bits per heavy atom. The van der Waals surface area contributed by atoms with Gasteiger partial charge in [-0.05, 0) is 19.1 Å². The highest BCUT2D eigenvalue weighted by atomic mass is 16.5. The lowest BCUT2D eigenvalue weighted by atomic mass is 10.3. The Bertz CT molecular complexity index is 315. The van der Waals surface area contributed by atoms with Gasteiger partial charge in [-0.1, -0.05) is 12.1 Å². The Morgan fingerprint density at radius 2 is 2.07 bits per heavy atom. The summed E-state index contributed by atoms with van der Waals surface area (Å²) in [5.74, 6) is 5.26.